The van der Waals surface area contributed by atoms with Crippen molar-refractivity contribution >= 4 is 11.6 Å². The van der Waals surface area contributed by atoms with Gasteiger partial charge < -0.3 is 9.84 Å². The second-order valence-electron chi connectivity index (χ2n) is 3.37. The number of halogens is 1. The molecular weight excluding hydrogens is 202 g/mol. The van der Waals surface area contributed by atoms with Crippen LogP contribution in [0.25, 0.3) is 0 Å². The molecule has 86 valence electrons. The number of rotatable bonds is 9. The number of hydrogen-bond donors (Lipinski definition) is 1. The van der Waals surface area contributed by atoms with Gasteiger partial charge >= 0.3 is 0 Å². The Labute approximate surface area is 92.0 Å². The van der Waals surface area contributed by atoms with Gasteiger partial charge in [-0.15, -0.1) is 11.6 Å². The smallest absolute Gasteiger partial charge is 0.0698 e. The van der Waals surface area contributed by atoms with Crippen molar-refractivity contribution in [2.75, 3.05) is 38.8 Å². The molecule has 0 saturated carbocycles. The molecule has 0 aromatic heterocycles. The van der Waals surface area contributed by atoms with Gasteiger partial charge in [0.25, 0.3) is 0 Å². The molecule has 0 aliphatic heterocycles. The molecule has 0 saturated heterocycles. The summed E-state index contributed by atoms with van der Waals surface area (Å²) in [6.07, 6.45) is 1.13. The van der Waals surface area contributed by atoms with Crippen molar-refractivity contribution in [1.82, 2.24) is 4.90 Å². The molecular formula is C10H22ClNO2. The lowest BCUT2D eigenvalue weighted by molar-refractivity contribution is 0.0475. The van der Waals surface area contributed by atoms with Crippen LogP contribution in [0.3, 0.4) is 0 Å². The maximum Gasteiger partial charge on any atom is 0.0698 e. The number of ether oxygens (including phenoxy) is 1. The molecule has 0 radical (unpaired) electrons. The van der Waals surface area contributed by atoms with Crippen LogP contribution in [0, 0.1) is 0 Å². The Balaban J connectivity index is 3.69. The first-order valence-electron chi connectivity index (χ1n) is 5.24. The van der Waals surface area contributed by atoms with Gasteiger partial charge in [-0.2, -0.15) is 0 Å². The molecule has 0 aromatic carbocycles. The Morgan fingerprint density at radius 1 is 1.43 bits per heavy atom. The predicted molar refractivity (Wildman–Crippen MR) is 60.0 cm³/mol. The van der Waals surface area contributed by atoms with Crippen molar-refractivity contribution in [2.45, 2.75) is 26.3 Å². The molecule has 4 heteroatoms. The van der Waals surface area contributed by atoms with E-state index in [1.165, 1.54) is 0 Å². The van der Waals surface area contributed by atoms with Gasteiger partial charge in [0.2, 0.25) is 0 Å². The zero-order valence-electron chi connectivity index (χ0n) is 9.21. The van der Waals surface area contributed by atoms with Crippen molar-refractivity contribution in [3.05, 3.63) is 0 Å². The number of aliphatic hydroxyl groups excluding tert-OH is 1. The minimum atomic E-state index is 0.0933. The van der Waals surface area contributed by atoms with Gasteiger partial charge in [-0.1, -0.05) is 6.92 Å². The lowest BCUT2D eigenvalue weighted by Crippen LogP contribution is -2.38. The van der Waals surface area contributed by atoms with Crippen molar-refractivity contribution in [2.24, 2.45) is 0 Å². The zero-order valence-corrected chi connectivity index (χ0v) is 9.96. The fraction of sp³-hybridized carbons (Fsp3) is 1.00. The predicted octanol–water partition coefficient (Wildman–Crippen LogP) is 1.33. The Bertz CT molecular complexity index is 119. The standard InChI is InChI=1S/C10H22ClNO2/c1-3-5-12(6-4-11)10(2)9-14-8-7-13/h10,13H,3-9H2,1-2H3. The first kappa shape index (κ1) is 14.2. The fourth-order valence-electron chi connectivity index (χ4n) is 1.37. The molecule has 0 amide bonds. The third-order valence-electron chi connectivity index (χ3n) is 2.10. The van der Waals surface area contributed by atoms with Crippen LogP contribution in [0.15, 0.2) is 0 Å². The second kappa shape index (κ2) is 9.71. The van der Waals surface area contributed by atoms with Gasteiger partial charge in [0.05, 0.1) is 19.8 Å². The zero-order chi connectivity index (χ0) is 10.8. The van der Waals surface area contributed by atoms with Gasteiger partial charge in [-0.25, -0.2) is 0 Å². The van der Waals surface area contributed by atoms with E-state index in [4.69, 9.17) is 21.4 Å². The molecule has 0 bridgehead atoms. The molecule has 14 heavy (non-hydrogen) atoms. The SMILES string of the molecule is CCCN(CCCl)C(C)COCCO. The molecule has 1 unspecified atom stereocenters. The van der Waals surface area contributed by atoms with Crippen molar-refractivity contribution in [1.29, 1.82) is 0 Å². The van der Waals surface area contributed by atoms with Crippen LogP contribution in [0.2, 0.25) is 0 Å². The largest absolute Gasteiger partial charge is 0.394 e. The first-order valence-corrected chi connectivity index (χ1v) is 5.78. The number of alkyl halides is 1. The highest BCUT2D eigenvalue weighted by molar-refractivity contribution is 6.18. The molecule has 0 heterocycles. The van der Waals surface area contributed by atoms with E-state index in [2.05, 4.69) is 18.7 Å². The highest BCUT2D eigenvalue weighted by Crippen LogP contribution is 2.01. The molecule has 0 aliphatic rings. The normalized spacial score (nSPS) is 13.5. The van der Waals surface area contributed by atoms with E-state index in [0.717, 1.165) is 19.5 Å². The van der Waals surface area contributed by atoms with Crippen LogP contribution in [0.4, 0.5) is 0 Å². The van der Waals surface area contributed by atoms with Crippen molar-refractivity contribution in [3.8, 4) is 0 Å². The minimum absolute atomic E-state index is 0.0933. The van der Waals surface area contributed by atoms with Crippen LogP contribution in [-0.4, -0.2) is 54.8 Å². The Kier molecular flexibility index (Phi) is 9.83. The van der Waals surface area contributed by atoms with Crippen LogP contribution >= 0.6 is 11.6 Å². The van der Waals surface area contributed by atoms with E-state index < -0.39 is 0 Å². The average Bonchev–Trinajstić information content (AvgIpc) is 2.18. The van der Waals surface area contributed by atoms with Crippen LogP contribution < -0.4 is 0 Å². The van der Waals surface area contributed by atoms with E-state index in [1.54, 1.807) is 0 Å². The van der Waals surface area contributed by atoms with Gasteiger partial charge in [0.1, 0.15) is 0 Å². The molecule has 0 aromatic rings. The third kappa shape index (κ3) is 6.60. The summed E-state index contributed by atoms with van der Waals surface area (Å²) < 4.78 is 5.28. The monoisotopic (exact) mass is 223 g/mol. The molecule has 0 aliphatic carbocycles. The summed E-state index contributed by atoms with van der Waals surface area (Å²) in [5.41, 5.74) is 0. The highest BCUT2D eigenvalue weighted by Gasteiger charge is 2.11. The minimum Gasteiger partial charge on any atom is -0.394 e. The van der Waals surface area contributed by atoms with E-state index in [-0.39, 0.29) is 6.61 Å². The summed E-state index contributed by atoms with van der Waals surface area (Å²) >= 11 is 5.71. The van der Waals surface area contributed by atoms with Crippen LogP contribution in [-0.2, 0) is 4.74 Å². The maximum absolute atomic E-state index is 8.56. The Hall–Kier alpha value is 0.170. The Morgan fingerprint density at radius 2 is 2.14 bits per heavy atom. The van der Waals surface area contributed by atoms with Gasteiger partial charge in [0, 0.05) is 18.5 Å². The average molecular weight is 224 g/mol. The summed E-state index contributed by atoms with van der Waals surface area (Å²) in [5.74, 6) is 0.657. The lowest BCUT2D eigenvalue weighted by Gasteiger charge is -2.27. The van der Waals surface area contributed by atoms with Crippen LogP contribution in [0.5, 0.6) is 0 Å². The van der Waals surface area contributed by atoms with Crippen molar-refractivity contribution < 1.29 is 9.84 Å². The number of hydrogen-bond acceptors (Lipinski definition) is 3. The van der Waals surface area contributed by atoms with Crippen molar-refractivity contribution in [3.63, 3.8) is 0 Å². The molecule has 1 atom stereocenters. The second-order valence-corrected chi connectivity index (χ2v) is 3.75. The van der Waals surface area contributed by atoms with Gasteiger partial charge in [-0.3, -0.25) is 4.90 Å². The molecule has 0 fully saturated rings. The van der Waals surface area contributed by atoms with E-state index in [1.807, 2.05) is 0 Å². The molecule has 0 spiro atoms. The van der Waals surface area contributed by atoms with Gasteiger partial charge in [0.15, 0.2) is 0 Å². The third-order valence-corrected chi connectivity index (χ3v) is 2.27. The first-order chi connectivity index (χ1) is 6.76. The fourth-order valence-corrected chi connectivity index (χ4v) is 1.59. The summed E-state index contributed by atoms with van der Waals surface area (Å²) in [4.78, 5) is 2.31. The summed E-state index contributed by atoms with van der Waals surface area (Å²) in [7, 11) is 0. The quantitative estimate of drug-likeness (QED) is 0.473. The highest BCUT2D eigenvalue weighted by atomic mass is 35.5. The maximum atomic E-state index is 8.56. The number of nitrogens with zero attached hydrogens (tertiary/aromatic N) is 1. The topological polar surface area (TPSA) is 32.7 Å². The summed E-state index contributed by atoms with van der Waals surface area (Å²) in [6, 6.07) is 0.375. The molecule has 0 rings (SSSR count). The molecule has 3 nitrogen and oxygen atoms in total. The Morgan fingerprint density at radius 3 is 2.64 bits per heavy atom. The van der Waals surface area contributed by atoms with E-state index >= 15 is 0 Å². The van der Waals surface area contributed by atoms with E-state index in [0.29, 0.717) is 25.1 Å². The number of aliphatic hydroxyl groups is 1. The summed E-state index contributed by atoms with van der Waals surface area (Å²) in [5, 5.41) is 8.56. The van der Waals surface area contributed by atoms with E-state index in [9.17, 15) is 0 Å². The van der Waals surface area contributed by atoms with Gasteiger partial charge in [-0.05, 0) is 19.9 Å². The lowest BCUT2D eigenvalue weighted by atomic mass is 10.3. The summed E-state index contributed by atoms with van der Waals surface area (Å²) in [6.45, 7) is 7.41. The molecule has 1 N–H and O–H groups in total. The van der Waals surface area contributed by atoms with Crippen LogP contribution in [0.1, 0.15) is 20.3 Å².